The van der Waals surface area contributed by atoms with E-state index in [-0.39, 0.29) is 4.88 Å². The van der Waals surface area contributed by atoms with E-state index >= 15 is 0 Å². The summed E-state index contributed by atoms with van der Waals surface area (Å²) in [5, 5.41) is 4.16. The minimum Gasteiger partial charge on any atom is -0.465 e. The number of esters is 1. The van der Waals surface area contributed by atoms with Gasteiger partial charge in [-0.15, -0.1) is 0 Å². The average molecular weight is 357 g/mol. The van der Waals surface area contributed by atoms with Gasteiger partial charge in [-0.3, -0.25) is 4.79 Å². The number of carbonyl (C=O) groups excluding carboxylic acids is 1. The van der Waals surface area contributed by atoms with Crippen molar-refractivity contribution in [3.63, 3.8) is 0 Å². The Bertz CT molecular complexity index is 896. The Morgan fingerprint density at radius 1 is 1.32 bits per heavy atom. The van der Waals surface area contributed by atoms with Crippen LogP contribution in [0.4, 0.5) is 5.69 Å². The lowest BCUT2D eigenvalue weighted by molar-refractivity contribution is 0.0606. The number of benzene rings is 1. The molecular formula is C18H19N3O3S. The Hall–Kier alpha value is -2.80. The second kappa shape index (κ2) is 9.48. The summed E-state index contributed by atoms with van der Waals surface area (Å²) in [6, 6.07) is 10.4. The van der Waals surface area contributed by atoms with Gasteiger partial charge in [0.1, 0.15) is 4.88 Å². The predicted molar refractivity (Wildman–Crippen MR) is 99.5 cm³/mol. The maximum Gasteiger partial charge on any atom is 0.348 e. The third-order valence-electron chi connectivity index (χ3n) is 3.07. The summed E-state index contributed by atoms with van der Waals surface area (Å²) in [5.74, 6) is -0.578. The predicted octanol–water partition coefficient (Wildman–Crippen LogP) is 3.12. The fraction of sp³-hybridized carbons (Fsp3) is 0.222. The molecule has 7 heteroatoms. The van der Waals surface area contributed by atoms with E-state index in [0.29, 0.717) is 10.5 Å². The van der Waals surface area contributed by atoms with Crippen LogP contribution in [0.15, 0.2) is 63.4 Å². The smallest absolute Gasteiger partial charge is 0.348 e. The van der Waals surface area contributed by atoms with Crippen molar-refractivity contribution in [2.75, 3.05) is 7.11 Å². The van der Waals surface area contributed by atoms with Crippen molar-refractivity contribution in [2.45, 2.75) is 19.8 Å². The molecule has 0 saturated carbocycles. The van der Waals surface area contributed by atoms with E-state index in [4.69, 9.17) is 4.74 Å². The van der Waals surface area contributed by atoms with E-state index in [9.17, 15) is 9.59 Å². The van der Waals surface area contributed by atoms with Crippen molar-refractivity contribution in [2.24, 2.45) is 10.1 Å². The molecule has 0 amide bonds. The first kappa shape index (κ1) is 18.5. The maximum atomic E-state index is 12.4. The first-order valence-corrected chi connectivity index (χ1v) is 8.62. The van der Waals surface area contributed by atoms with E-state index in [1.54, 1.807) is 18.2 Å². The van der Waals surface area contributed by atoms with Gasteiger partial charge in [-0.05, 0) is 24.6 Å². The van der Waals surface area contributed by atoms with Crippen LogP contribution in [-0.4, -0.2) is 24.0 Å². The molecule has 0 spiro atoms. The average Bonchev–Trinajstić information content (AvgIpc) is 2.63. The molecule has 0 unspecified atom stereocenters. The highest BCUT2D eigenvalue weighted by Gasteiger charge is 2.11. The summed E-state index contributed by atoms with van der Waals surface area (Å²) in [4.78, 5) is 29.0. The van der Waals surface area contributed by atoms with Crippen molar-refractivity contribution in [1.29, 1.82) is 0 Å². The molecule has 2 rings (SSSR count). The van der Waals surface area contributed by atoms with Crippen molar-refractivity contribution in [3.8, 4) is 0 Å². The Kier molecular flexibility index (Phi) is 7.03. The maximum absolute atomic E-state index is 12.4. The molecule has 0 saturated heterocycles. The minimum atomic E-state index is -0.578. The van der Waals surface area contributed by atoms with Crippen LogP contribution < -0.4 is 10.4 Å². The highest BCUT2D eigenvalue weighted by molar-refractivity contribution is 7.11. The lowest BCUT2D eigenvalue weighted by atomic mass is 10.3. The Labute approximate surface area is 149 Å². The Balaban J connectivity index is 2.55. The van der Waals surface area contributed by atoms with E-state index in [0.717, 1.165) is 24.2 Å². The summed E-state index contributed by atoms with van der Waals surface area (Å²) < 4.78 is 5.86. The van der Waals surface area contributed by atoms with Crippen molar-refractivity contribution in [1.82, 2.24) is 4.68 Å². The molecule has 0 aliphatic rings. The van der Waals surface area contributed by atoms with E-state index in [1.165, 1.54) is 24.1 Å². The molecule has 1 heterocycles. The van der Waals surface area contributed by atoms with Crippen LogP contribution in [0.25, 0.3) is 0 Å². The van der Waals surface area contributed by atoms with Gasteiger partial charge >= 0.3 is 5.97 Å². The van der Waals surface area contributed by atoms with Crippen LogP contribution in [0, 0.1) is 0 Å². The molecule has 0 atom stereocenters. The van der Waals surface area contributed by atoms with Crippen LogP contribution in [-0.2, 0) is 4.74 Å². The zero-order chi connectivity index (χ0) is 18.1. The largest absolute Gasteiger partial charge is 0.465 e. The molecule has 0 fully saturated rings. The molecule has 0 aliphatic heterocycles. The van der Waals surface area contributed by atoms with Crippen LogP contribution >= 0.6 is 11.3 Å². The number of hydrogen-bond acceptors (Lipinski definition) is 6. The van der Waals surface area contributed by atoms with E-state index < -0.39 is 11.5 Å². The van der Waals surface area contributed by atoms with Crippen LogP contribution in [0.5, 0.6) is 0 Å². The highest BCUT2D eigenvalue weighted by Crippen LogP contribution is 2.09. The summed E-state index contributed by atoms with van der Waals surface area (Å²) in [7, 11) is 1.27. The van der Waals surface area contributed by atoms with Gasteiger partial charge in [-0.2, -0.15) is 9.78 Å². The number of allylic oxidation sites excluding steroid dienone is 2. The van der Waals surface area contributed by atoms with Gasteiger partial charge in [0.05, 0.1) is 12.8 Å². The van der Waals surface area contributed by atoms with Crippen molar-refractivity contribution >= 4 is 29.2 Å². The molecule has 6 nitrogen and oxygen atoms in total. The summed E-state index contributed by atoms with van der Waals surface area (Å²) in [5.41, 5.74) is 0.208. The van der Waals surface area contributed by atoms with Gasteiger partial charge < -0.3 is 4.74 Å². The van der Waals surface area contributed by atoms with Crippen molar-refractivity contribution < 1.29 is 9.53 Å². The number of para-hydroxylation sites is 1. The first-order chi connectivity index (χ1) is 12.2. The van der Waals surface area contributed by atoms with Gasteiger partial charge in [-0.1, -0.05) is 49.0 Å². The second-order valence-corrected chi connectivity index (χ2v) is 5.97. The normalized spacial score (nSPS) is 12.2. The van der Waals surface area contributed by atoms with Gasteiger partial charge in [0.2, 0.25) is 4.80 Å². The van der Waals surface area contributed by atoms with Gasteiger partial charge in [0.15, 0.2) is 0 Å². The molecule has 25 heavy (non-hydrogen) atoms. The highest BCUT2D eigenvalue weighted by atomic mass is 32.1. The molecule has 130 valence electrons. The zero-order valence-corrected chi connectivity index (χ0v) is 14.9. The van der Waals surface area contributed by atoms with Gasteiger partial charge in [0, 0.05) is 12.3 Å². The number of unbranched alkanes of at least 4 members (excludes halogenated alkanes) is 1. The van der Waals surface area contributed by atoms with Crippen LogP contribution in [0.3, 0.4) is 0 Å². The first-order valence-electron chi connectivity index (χ1n) is 7.80. The molecule has 0 N–H and O–H groups in total. The van der Waals surface area contributed by atoms with Crippen molar-refractivity contribution in [3.05, 3.63) is 68.6 Å². The number of methoxy groups -OCH3 is 1. The number of carbonyl (C=O) groups is 1. The molecule has 2 aromatic rings. The quantitative estimate of drug-likeness (QED) is 0.589. The number of aromatic nitrogens is 1. The molecule has 1 aromatic heterocycles. The lowest BCUT2D eigenvalue weighted by Gasteiger charge is -2.02. The standard InChI is InChI=1S/C18H19N3O3S/c1-3-4-5-9-12-19-21-16(22)13-15(17(23)24-2)25-18(21)20-14-10-7-6-8-11-14/h5-13H,3-4H2,1-2H3/b9-5+,19-12+,20-18?. The molecular weight excluding hydrogens is 338 g/mol. The SMILES string of the molecule is CCC/C=C/C=N/n1c(=O)cc(C(=O)OC)sc1=Nc1ccccc1. The fourth-order valence-corrected chi connectivity index (χ4v) is 2.76. The van der Waals surface area contributed by atoms with Crippen LogP contribution in [0.1, 0.15) is 29.4 Å². The Morgan fingerprint density at radius 2 is 2.08 bits per heavy atom. The number of hydrogen-bond donors (Lipinski definition) is 0. The van der Waals surface area contributed by atoms with Gasteiger partial charge in [-0.25, -0.2) is 9.79 Å². The molecule has 0 radical (unpaired) electrons. The number of rotatable bonds is 6. The zero-order valence-electron chi connectivity index (χ0n) is 14.1. The Morgan fingerprint density at radius 3 is 2.76 bits per heavy atom. The lowest BCUT2D eigenvalue weighted by Crippen LogP contribution is -2.29. The summed E-state index contributed by atoms with van der Waals surface area (Å²) in [6.45, 7) is 2.08. The monoisotopic (exact) mass is 357 g/mol. The second-order valence-electron chi connectivity index (χ2n) is 4.96. The van der Waals surface area contributed by atoms with E-state index in [2.05, 4.69) is 17.0 Å². The molecule has 0 bridgehead atoms. The molecule has 0 aliphatic carbocycles. The topological polar surface area (TPSA) is 73.0 Å². The third-order valence-corrected chi connectivity index (χ3v) is 4.02. The van der Waals surface area contributed by atoms with Crippen LogP contribution in [0.2, 0.25) is 0 Å². The number of nitrogens with zero attached hydrogens (tertiary/aromatic N) is 3. The fourth-order valence-electron chi connectivity index (χ4n) is 1.86. The number of ether oxygens (including phenoxy) is 1. The molecule has 1 aromatic carbocycles. The third kappa shape index (κ3) is 5.36. The van der Waals surface area contributed by atoms with Gasteiger partial charge in [0.25, 0.3) is 5.56 Å². The van der Waals surface area contributed by atoms with E-state index in [1.807, 2.05) is 24.3 Å². The minimum absolute atomic E-state index is 0.176. The summed E-state index contributed by atoms with van der Waals surface area (Å²) in [6.07, 6.45) is 7.25. The summed E-state index contributed by atoms with van der Waals surface area (Å²) >= 11 is 1.04.